The van der Waals surface area contributed by atoms with Gasteiger partial charge in [-0.2, -0.15) is 0 Å². The van der Waals surface area contributed by atoms with E-state index in [0.717, 1.165) is 5.52 Å². The molecule has 0 spiro atoms. The molecule has 1 aromatic heterocycles. The second-order valence-electron chi connectivity index (χ2n) is 8.40. The van der Waals surface area contributed by atoms with Gasteiger partial charge in [-0.25, -0.2) is 0 Å². The number of aliphatic hydroxyl groups excluding tert-OH is 4. The lowest BCUT2D eigenvalue weighted by Crippen LogP contribution is -2.60. The van der Waals surface area contributed by atoms with Crippen LogP contribution in [0.3, 0.4) is 0 Å². The van der Waals surface area contributed by atoms with E-state index in [2.05, 4.69) is 0 Å². The van der Waals surface area contributed by atoms with Crippen molar-refractivity contribution in [2.45, 2.75) is 30.7 Å². The van der Waals surface area contributed by atoms with E-state index in [1.54, 1.807) is 30.5 Å². The summed E-state index contributed by atoms with van der Waals surface area (Å²) >= 11 is 0. The van der Waals surface area contributed by atoms with Crippen molar-refractivity contribution in [2.24, 2.45) is 0 Å². The molecular formula is C27H25NO7. The second-order valence-corrected chi connectivity index (χ2v) is 8.40. The van der Waals surface area contributed by atoms with Crippen LogP contribution < -0.4 is 4.74 Å². The summed E-state index contributed by atoms with van der Waals surface area (Å²) in [5, 5.41) is 41.1. The van der Waals surface area contributed by atoms with Crippen LogP contribution in [0.4, 0.5) is 0 Å². The molecule has 35 heavy (non-hydrogen) atoms. The Morgan fingerprint density at radius 3 is 2.34 bits per heavy atom. The molecule has 4 aromatic rings. The summed E-state index contributed by atoms with van der Waals surface area (Å²) in [6.45, 7) is -0.562. The SMILES string of the molecule is O=C(c1ccccc1)c1ccccc1-n1cc(O[C@@H]2[C@@H](O)[C@@H](O)[C@@H](CO)O[C@H]2O)c2ccccc21. The lowest BCUT2D eigenvalue weighted by atomic mass is 9.99. The molecule has 2 heterocycles. The van der Waals surface area contributed by atoms with Gasteiger partial charge in [-0.15, -0.1) is 0 Å². The van der Waals surface area contributed by atoms with Crippen molar-refractivity contribution in [3.63, 3.8) is 0 Å². The average molecular weight is 475 g/mol. The van der Waals surface area contributed by atoms with Crippen molar-refractivity contribution in [2.75, 3.05) is 6.61 Å². The van der Waals surface area contributed by atoms with Crippen LogP contribution in [-0.2, 0) is 4.74 Å². The third kappa shape index (κ3) is 4.22. The van der Waals surface area contributed by atoms with Crippen LogP contribution in [0.25, 0.3) is 16.6 Å². The molecule has 1 aliphatic heterocycles. The van der Waals surface area contributed by atoms with Crippen LogP contribution in [0.2, 0.25) is 0 Å². The van der Waals surface area contributed by atoms with Crippen molar-refractivity contribution >= 4 is 16.7 Å². The molecular weight excluding hydrogens is 450 g/mol. The zero-order valence-corrected chi connectivity index (χ0v) is 18.6. The first-order valence-electron chi connectivity index (χ1n) is 11.3. The summed E-state index contributed by atoms with van der Waals surface area (Å²) in [4.78, 5) is 13.3. The first-order chi connectivity index (χ1) is 17.0. The summed E-state index contributed by atoms with van der Waals surface area (Å²) in [6.07, 6.45) is -5.26. The maximum atomic E-state index is 13.3. The van der Waals surface area contributed by atoms with Gasteiger partial charge >= 0.3 is 0 Å². The summed E-state index contributed by atoms with van der Waals surface area (Å²) in [7, 11) is 0. The molecule has 180 valence electrons. The van der Waals surface area contributed by atoms with Crippen LogP contribution >= 0.6 is 0 Å². The lowest BCUT2D eigenvalue weighted by Gasteiger charge is -2.39. The zero-order valence-electron chi connectivity index (χ0n) is 18.6. The van der Waals surface area contributed by atoms with Gasteiger partial charge in [-0.1, -0.05) is 54.6 Å². The number of hydrogen-bond donors (Lipinski definition) is 4. The van der Waals surface area contributed by atoms with Gasteiger partial charge in [0.2, 0.25) is 0 Å². The molecule has 4 N–H and O–H groups in total. The predicted octanol–water partition coefficient (Wildman–Crippen LogP) is 2.04. The third-order valence-corrected chi connectivity index (χ3v) is 6.23. The van der Waals surface area contributed by atoms with E-state index in [0.29, 0.717) is 28.0 Å². The van der Waals surface area contributed by atoms with Gasteiger partial charge < -0.3 is 34.5 Å². The molecule has 0 radical (unpaired) electrons. The van der Waals surface area contributed by atoms with Crippen LogP contribution in [0.1, 0.15) is 15.9 Å². The van der Waals surface area contributed by atoms with Gasteiger partial charge in [0, 0.05) is 16.5 Å². The number of para-hydroxylation sites is 2. The van der Waals surface area contributed by atoms with Crippen LogP contribution in [-0.4, -0.2) is 68.1 Å². The molecule has 0 unspecified atom stereocenters. The smallest absolute Gasteiger partial charge is 0.195 e. The fourth-order valence-corrected chi connectivity index (χ4v) is 4.41. The van der Waals surface area contributed by atoms with Crippen molar-refractivity contribution < 1.29 is 34.7 Å². The minimum atomic E-state index is -1.57. The Hall–Kier alpha value is -3.53. The molecule has 3 aromatic carbocycles. The number of carbonyl (C=O) groups is 1. The molecule has 1 saturated heterocycles. The number of aromatic nitrogens is 1. The number of aliphatic hydroxyl groups is 4. The minimum Gasteiger partial charge on any atom is -0.480 e. The number of ether oxygens (including phenoxy) is 2. The summed E-state index contributed by atoms with van der Waals surface area (Å²) in [5.74, 6) is 0.190. The van der Waals surface area contributed by atoms with E-state index in [4.69, 9.17) is 9.47 Å². The highest BCUT2D eigenvalue weighted by Gasteiger charge is 2.45. The van der Waals surface area contributed by atoms with Crippen molar-refractivity contribution in [3.8, 4) is 11.4 Å². The van der Waals surface area contributed by atoms with Crippen LogP contribution in [0, 0.1) is 0 Å². The van der Waals surface area contributed by atoms with Crippen LogP contribution in [0.15, 0.2) is 85.1 Å². The first-order valence-corrected chi connectivity index (χ1v) is 11.3. The van der Waals surface area contributed by atoms with Crippen LogP contribution in [0.5, 0.6) is 5.75 Å². The third-order valence-electron chi connectivity index (χ3n) is 6.23. The molecule has 5 atom stereocenters. The maximum Gasteiger partial charge on any atom is 0.195 e. The normalized spacial score (nSPS) is 24.4. The van der Waals surface area contributed by atoms with Gasteiger partial charge in [0.05, 0.1) is 24.0 Å². The quantitative estimate of drug-likeness (QED) is 0.315. The number of hydrogen-bond acceptors (Lipinski definition) is 7. The summed E-state index contributed by atoms with van der Waals surface area (Å²) < 4.78 is 13.0. The van der Waals surface area contributed by atoms with E-state index in [-0.39, 0.29) is 5.78 Å². The van der Waals surface area contributed by atoms with E-state index >= 15 is 0 Å². The average Bonchev–Trinajstić information content (AvgIpc) is 3.27. The van der Waals surface area contributed by atoms with Gasteiger partial charge in [0.25, 0.3) is 0 Å². The van der Waals surface area contributed by atoms with Crippen molar-refractivity contribution in [1.29, 1.82) is 0 Å². The van der Waals surface area contributed by atoms with Crippen molar-refractivity contribution in [3.05, 3.63) is 96.2 Å². The van der Waals surface area contributed by atoms with Gasteiger partial charge in [-0.3, -0.25) is 4.79 Å². The second kappa shape index (κ2) is 9.61. The highest BCUT2D eigenvalue weighted by Crippen LogP contribution is 2.34. The van der Waals surface area contributed by atoms with E-state index in [9.17, 15) is 25.2 Å². The molecule has 0 amide bonds. The van der Waals surface area contributed by atoms with E-state index in [1.807, 2.05) is 59.2 Å². The topological polar surface area (TPSA) is 121 Å². The van der Waals surface area contributed by atoms with Gasteiger partial charge in [0.1, 0.15) is 24.1 Å². The Balaban J connectivity index is 1.56. The fraction of sp³-hybridized carbons (Fsp3) is 0.222. The fourth-order valence-electron chi connectivity index (χ4n) is 4.41. The maximum absolute atomic E-state index is 13.3. The Bertz CT molecular complexity index is 1340. The first kappa shape index (κ1) is 23.2. The Morgan fingerprint density at radius 1 is 0.886 bits per heavy atom. The molecule has 0 aliphatic carbocycles. The molecule has 1 fully saturated rings. The number of nitrogens with zero attached hydrogens (tertiary/aromatic N) is 1. The molecule has 1 aliphatic rings. The molecule has 8 nitrogen and oxygen atoms in total. The van der Waals surface area contributed by atoms with Gasteiger partial charge in [-0.05, 0) is 24.3 Å². The van der Waals surface area contributed by atoms with Gasteiger partial charge in [0.15, 0.2) is 18.2 Å². The molecule has 5 rings (SSSR count). The number of fused-ring (bicyclic) bond motifs is 1. The summed E-state index contributed by atoms with van der Waals surface area (Å²) in [5.41, 5.74) is 2.43. The lowest BCUT2D eigenvalue weighted by molar-refractivity contribution is -0.280. The zero-order chi connectivity index (χ0) is 24.5. The Kier molecular flexibility index (Phi) is 6.38. The molecule has 0 bridgehead atoms. The molecule has 0 saturated carbocycles. The Labute approximate surface area is 201 Å². The van der Waals surface area contributed by atoms with E-state index < -0.39 is 37.3 Å². The highest BCUT2D eigenvalue weighted by atomic mass is 16.7. The number of ketones is 1. The largest absolute Gasteiger partial charge is 0.480 e. The van der Waals surface area contributed by atoms with Crippen molar-refractivity contribution in [1.82, 2.24) is 4.57 Å². The number of rotatable bonds is 6. The van der Waals surface area contributed by atoms with E-state index in [1.165, 1.54) is 0 Å². The Morgan fingerprint density at radius 2 is 1.57 bits per heavy atom. The predicted molar refractivity (Wildman–Crippen MR) is 128 cm³/mol. The number of carbonyl (C=O) groups excluding carboxylic acids is 1. The highest BCUT2D eigenvalue weighted by molar-refractivity contribution is 6.11. The monoisotopic (exact) mass is 475 g/mol. The minimum absolute atomic E-state index is 0.133. The number of benzene rings is 3. The standard InChI is InChI=1S/C27H25NO7/c29-15-22-24(31)25(32)26(27(33)35-22)34-21-14-28(19-12-6-4-10-17(19)21)20-13-7-5-11-18(20)23(30)16-8-2-1-3-9-16/h1-14,22,24-27,29,31-33H,15H2/t22-,24+,25+,26-,27-/m1/s1. The molecule has 8 heteroatoms. The summed E-state index contributed by atoms with van der Waals surface area (Å²) in [6, 6.07) is 23.6.